The average Bonchev–Trinajstić information content (AvgIpc) is 2.43. The maximum atomic E-state index is 12.6. The second-order valence-electron chi connectivity index (χ2n) is 5.56. The Hall–Kier alpha value is -0.470. The molecule has 0 amide bonds. The van der Waals surface area contributed by atoms with Crippen LogP contribution in [0.2, 0.25) is 0 Å². The van der Waals surface area contributed by atoms with E-state index >= 15 is 0 Å². The minimum absolute atomic E-state index is 0.0258. The first-order chi connectivity index (χ1) is 9.83. The van der Waals surface area contributed by atoms with E-state index in [1.165, 1.54) is 6.07 Å². The number of likely N-dealkylation sites (tertiary alicyclic amines) is 1. The summed E-state index contributed by atoms with van der Waals surface area (Å²) in [6.07, 6.45) is 1.63. The summed E-state index contributed by atoms with van der Waals surface area (Å²) in [4.78, 5) is 2.43. The van der Waals surface area contributed by atoms with Crippen LogP contribution in [0, 0.1) is 6.92 Å². The minimum Gasteiger partial charge on any atom is -0.392 e. The number of nitrogens with one attached hydrogen (secondary N) is 1. The molecule has 0 spiro atoms. The molecule has 5 nitrogen and oxygen atoms in total. The van der Waals surface area contributed by atoms with Gasteiger partial charge in [-0.1, -0.05) is 15.9 Å². The second-order valence-corrected chi connectivity index (χ2v) is 8.09. The molecule has 1 aliphatic rings. The van der Waals surface area contributed by atoms with Crippen molar-refractivity contribution in [3.05, 3.63) is 27.7 Å². The van der Waals surface area contributed by atoms with E-state index in [2.05, 4.69) is 25.6 Å². The van der Waals surface area contributed by atoms with Gasteiger partial charge in [-0.3, -0.25) is 0 Å². The largest absolute Gasteiger partial charge is 0.392 e. The summed E-state index contributed by atoms with van der Waals surface area (Å²) in [5.74, 6) is 0. The van der Waals surface area contributed by atoms with Crippen molar-refractivity contribution in [1.82, 2.24) is 9.62 Å². The first-order valence-electron chi connectivity index (χ1n) is 6.94. The van der Waals surface area contributed by atoms with E-state index in [9.17, 15) is 13.5 Å². The number of piperidine rings is 1. The van der Waals surface area contributed by atoms with Crippen LogP contribution >= 0.6 is 15.9 Å². The Morgan fingerprint density at radius 3 is 2.57 bits per heavy atom. The molecule has 1 saturated heterocycles. The number of rotatable bonds is 4. The molecule has 0 aromatic heterocycles. The van der Waals surface area contributed by atoms with E-state index in [1.54, 1.807) is 13.0 Å². The van der Waals surface area contributed by atoms with Crippen molar-refractivity contribution in [3.8, 4) is 0 Å². The molecule has 2 N–H and O–H groups in total. The van der Waals surface area contributed by atoms with Crippen molar-refractivity contribution in [2.75, 3.05) is 20.1 Å². The van der Waals surface area contributed by atoms with Crippen molar-refractivity contribution in [3.63, 3.8) is 0 Å². The maximum Gasteiger partial charge on any atom is 0.241 e. The maximum absolute atomic E-state index is 12.6. The number of sulfonamides is 1. The Labute approximate surface area is 134 Å². The SMILES string of the molecule is Cc1c(Br)cc(CO)cc1S(=O)(=O)NC1CCN(C)CC1. The molecule has 21 heavy (non-hydrogen) atoms. The van der Waals surface area contributed by atoms with Gasteiger partial charge in [0.1, 0.15) is 0 Å². The predicted octanol–water partition coefficient (Wildman–Crippen LogP) is 1.62. The number of hydrogen-bond acceptors (Lipinski definition) is 4. The first-order valence-corrected chi connectivity index (χ1v) is 9.22. The lowest BCUT2D eigenvalue weighted by atomic mass is 10.1. The van der Waals surface area contributed by atoms with Crippen LogP contribution in [0.5, 0.6) is 0 Å². The summed E-state index contributed by atoms with van der Waals surface area (Å²) >= 11 is 3.35. The van der Waals surface area contributed by atoms with Gasteiger partial charge in [0.25, 0.3) is 0 Å². The van der Waals surface area contributed by atoms with Crippen LogP contribution in [0.3, 0.4) is 0 Å². The highest BCUT2D eigenvalue weighted by atomic mass is 79.9. The summed E-state index contributed by atoms with van der Waals surface area (Å²) in [7, 11) is -1.53. The zero-order valence-electron chi connectivity index (χ0n) is 12.3. The highest BCUT2D eigenvalue weighted by Crippen LogP contribution is 2.26. The molecule has 0 unspecified atom stereocenters. The van der Waals surface area contributed by atoms with E-state index < -0.39 is 10.0 Å². The fourth-order valence-corrected chi connectivity index (χ4v) is 4.75. The van der Waals surface area contributed by atoms with Gasteiger partial charge >= 0.3 is 0 Å². The van der Waals surface area contributed by atoms with Crippen LogP contribution in [-0.2, 0) is 16.6 Å². The molecule has 1 aromatic rings. The standard InChI is InChI=1S/C14H21BrN2O3S/c1-10-13(15)7-11(9-18)8-14(10)21(19,20)16-12-3-5-17(2)6-4-12/h7-8,12,16,18H,3-6,9H2,1-2H3. The van der Waals surface area contributed by atoms with Gasteiger partial charge in [-0.2, -0.15) is 0 Å². The van der Waals surface area contributed by atoms with Gasteiger partial charge in [0.15, 0.2) is 0 Å². The Morgan fingerprint density at radius 1 is 1.38 bits per heavy atom. The van der Waals surface area contributed by atoms with E-state index in [-0.39, 0.29) is 17.5 Å². The van der Waals surface area contributed by atoms with Gasteiger partial charge in [-0.15, -0.1) is 0 Å². The molecular formula is C14H21BrN2O3S. The molecule has 1 aromatic carbocycles. The molecule has 1 aliphatic heterocycles. The zero-order valence-corrected chi connectivity index (χ0v) is 14.7. The van der Waals surface area contributed by atoms with Crippen LogP contribution in [0.15, 0.2) is 21.5 Å². The molecule has 118 valence electrons. The van der Waals surface area contributed by atoms with Gasteiger partial charge < -0.3 is 10.0 Å². The van der Waals surface area contributed by atoms with E-state index in [0.717, 1.165) is 25.9 Å². The second kappa shape index (κ2) is 6.75. The monoisotopic (exact) mass is 376 g/mol. The first kappa shape index (κ1) is 16.9. The lowest BCUT2D eigenvalue weighted by Crippen LogP contribution is -2.43. The molecule has 2 rings (SSSR count). The van der Waals surface area contributed by atoms with Crippen LogP contribution < -0.4 is 4.72 Å². The summed E-state index contributed by atoms with van der Waals surface area (Å²) < 4.78 is 28.7. The average molecular weight is 377 g/mol. The molecule has 0 saturated carbocycles. The number of aliphatic hydroxyl groups excluding tert-OH is 1. The van der Waals surface area contributed by atoms with Crippen molar-refractivity contribution >= 4 is 26.0 Å². The predicted molar refractivity (Wildman–Crippen MR) is 85.6 cm³/mol. The van der Waals surface area contributed by atoms with Crippen LogP contribution in [0.1, 0.15) is 24.0 Å². The van der Waals surface area contributed by atoms with Gasteiger partial charge in [0, 0.05) is 10.5 Å². The Kier molecular flexibility index (Phi) is 5.43. The molecule has 7 heteroatoms. The van der Waals surface area contributed by atoms with Crippen LogP contribution in [0.25, 0.3) is 0 Å². The zero-order chi connectivity index (χ0) is 15.6. The molecule has 1 fully saturated rings. The quantitative estimate of drug-likeness (QED) is 0.837. The molecular weight excluding hydrogens is 356 g/mol. The van der Waals surface area contributed by atoms with Gasteiger partial charge in [-0.25, -0.2) is 13.1 Å². The third kappa shape index (κ3) is 4.04. The van der Waals surface area contributed by atoms with Gasteiger partial charge in [0.2, 0.25) is 10.0 Å². The lowest BCUT2D eigenvalue weighted by molar-refractivity contribution is 0.248. The Morgan fingerprint density at radius 2 is 2.00 bits per heavy atom. The smallest absolute Gasteiger partial charge is 0.241 e. The summed E-state index contributed by atoms with van der Waals surface area (Å²) in [5, 5.41) is 9.25. The highest BCUT2D eigenvalue weighted by Gasteiger charge is 2.25. The highest BCUT2D eigenvalue weighted by molar-refractivity contribution is 9.10. The van der Waals surface area contributed by atoms with Crippen molar-refractivity contribution < 1.29 is 13.5 Å². The third-order valence-electron chi connectivity index (χ3n) is 3.87. The number of nitrogens with zero attached hydrogens (tertiary/aromatic N) is 1. The van der Waals surface area contributed by atoms with E-state index in [1.807, 2.05) is 7.05 Å². The molecule has 1 heterocycles. The molecule has 0 bridgehead atoms. The summed E-state index contributed by atoms with van der Waals surface area (Å²) in [6.45, 7) is 3.36. The molecule has 0 radical (unpaired) electrons. The van der Waals surface area contributed by atoms with Crippen LogP contribution in [-0.4, -0.2) is 44.6 Å². The van der Waals surface area contributed by atoms with Crippen molar-refractivity contribution in [2.24, 2.45) is 0 Å². The number of benzene rings is 1. The topological polar surface area (TPSA) is 69.6 Å². The van der Waals surface area contributed by atoms with Gasteiger partial charge in [-0.05, 0) is 63.2 Å². The fraction of sp³-hybridized carbons (Fsp3) is 0.571. The number of aliphatic hydroxyl groups is 1. The van der Waals surface area contributed by atoms with E-state index in [0.29, 0.717) is 15.6 Å². The van der Waals surface area contributed by atoms with Crippen molar-refractivity contribution in [1.29, 1.82) is 0 Å². The Bertz CT molecular complexity index is 611. The number of halogens is 1. The minimum atomic E-state index is -3.57. The summed E-state index contributed by atoms with van der Waals surface area (Å²) in [6, 6.07) is 3.25. The normalized spacial score (nSPS) is 18.1. The lowest BCUT2D eigenvalue weighted by Gasteiger charge is -2.29. The van der Waals surface area contributed by atoms with Crippen LogP contribution in [0.4, 0.5) is 0 Å². The van der Waals surface area contributed by atoms with Crippen molar-refractivity contribution in [2.45, 2.75) is 37.3 Å². The molecule has 0 aliphatic carbocycles. The Balaban J connectivity index is 2.25. The number of hydrogen-bond donors (Lipinski definition) is 2. The third-order valence-corrected chi connectivity index (χ3v) is 6.34. The molecule has 0 atom stereocenters. The van der Waals surface area contributed by atoms with E-state index in [4.69, 9.17) is 0 Å². The van der Waals surface area contributed by atoms with Gasteiger partial charge in [0.05, 0.1) is 11.5 Å². The summed E-state index contributed by atoms with van der Waals surface area (Å²) in [5.41, 5.74) is 1.24. The fourth-order valence-electron chi connectivity index (χ4n) is 2.49.